The Balaban J connectivity index is 1.96. The van der Waals surface area contributed by atoms with Crippen LogP contribution in [0.2, 0.25) is 0 Å². The summed E-state index contributed by atoms with van der Waals surface area (Å²) in [4.78, 5) is 27.5. The molecule has 1 aliphatic rings. The molecule has 2 aromatic rings. The average molecular weight is 320 g/mol. The number of thiophene rings is 1. The third-order valence-corrected chi connectivity index (χ3v) is 4.85. The van der Waals surface area contributed by atoms with E-state index in [4.69, 9.17) is 4.42 Å². The van der Waals surface area contributed by atoms with Crippen LogP contribution >= 0.6 is 11.3 Å². The first-order valence-corrected chi connectivity index (χ1v) is 7.77. The van der Waals surface area contributed by atoms with Gasteiger partial charge < -0.3 is 14.4 Å². The van der Waals surface area contributed by atoms with E-state index in [0.717, 1.165) is 25.9 Å². The Hall–Kier alpha value is -2.28. The minimum absolute atomic E-state index is 0.0365. The number of likely N-dealkylation sites (tertiary alicyclic amines) is 1. The number of amides is 2. The number of carbonyl (C=O) groups is 1. The zero-order valence-corrected chi connectivity index (χ0v) is 13.0. The summed E-state index contributed by atoms with van der Waals surface area (Å²) in [7, 11) is 1.70. The second-order valence-electron chi connectivity index (χ2n) is 5.24. The molecule has 3 heterocycles. The summed E-state index contributed by atoms with van der Waals surface area (Å²) in [6, 6.07) is 3.14. The Bertz CT molecular complexity index is 801. The number of hydrogen-bond acceptors (Lipinski definition) is 5. The molecule has 116 valence electrons. The molecule has 1 aliphatic heterocycles. The minimum atomic E-state index is -0.641. The summed E-state index contributed by atoms with van der Waals surface area (Å²) in [6.07, 6.45) is 2.06. The van der Waals surface area contributed by atoms with Crippen LogP contribution in [0.4, 0.5) is 9.80 Å². The lowest BCUT2D eigenvalue weighted by atomic mass is 10.2. The van der Waals surface area contributed by atoms with E-state index in [1.165, 1.54) is 17.4 Å². The van der Waals surface area contributed by atoms with Crippen molar-refractivity contribution < 1.29 is 14.3 Å². The van der Waals surface area contributed by atoms with Gasteiger partial charge in [0.25, 0.3) is 0 Å². The van der Waals surface area contributed by atoms with Crippen LogP contribution in [0.15, 0.2) is 27.9 Å². The number of anilines is 1. The van der Waals surface area contributed by atoms with Crippen LogP contribution in [0, 0.1) is 0 Å². The molecule has 2 amide bonds. The van der Waals surface area contributed by atoms with Gasteiger partial charge >= 0.3 is 11.7 Å². The van der Waals surface area contributed by atoms with E-state index in [0.29, 0.717) is 15.3 Å². The van der Waals surface area contributed by atoms with Crippen molar-refractivity contribution >= 4 is 38.4 Å². The monoisotopic (exact) mass is 320 g/mol. The van der Waals surface area contributed by atoms with Gasteiger partial charge in [0.15, 0.2) is 5.58 Å². The Morgan fingerprint density at radius 3 is 2.73 bits per heavy atom. The maximum absolute atomic E-state index is 12.4. The molecule has 0 radical (unpaired) electrons. The van der Waals surface area contributed by atoms with Crippen LogP contribution in [-0.2, 0) is 0 Å². The van der Waals surface area contributed by atoms with Gasteiger partial charge in [0.05, 0.1) is 4.70 Å². The molecule has 1 fully saturated rings. The largest absolute Gasteiger partial charge is 0.508 e. The quantitative estimate of drug-likeness (QED) is 0.863. The highest BCUT2D eigenvalue weighted by atomic mass is 32.1. The molecule has 0 saturated carbocycles. The summed E-state index contributed by atoms with van der Waals surface area (Å²) < 4.78 is 5.85. The standard InChI is InChI=1S/C15H16N2O4S/c1-9(18)10-7-12-11(21-14(10)19)8-13(22-12)16(2)15(20)17-5-3-4-6-17/h7-8,18H,1,3-6H2,2H3. The second-order valence-corrected chi connectivity index (χ2v) is 6.31. The van der Waals surface area contributed by atoms with Crippen LogP contribution in [0.3, 0.4) is 0 Å². The Kier molecular flexibility index (Phi) is 3.66. The van der Waals surface area contributed by atoms with Gasteiger partial charge in [-0.15, -0.1) is 11.3 Å². The van der Waals surface area contributed by atoms with Crippen molar-refractivity contribution in [1.29, 1.82) is 0 Å². The van der Waals surface area contributed by atoms with Crippen LogP contribution < -0.4 is 10.5 Å². The predicted molar refractivity (Wildman–Crippen MR) is 86.6 cm³/mol. The van der Waals surface area contributed by atoms with Crippen LogP contribution in [0.1, 0.15) is 18.4 Å². The molecule has 0 unspecified atom stereocenters. The number of urea groups is 1. The molecule has 0 aliphatic carbocycles. The highest BCUT2D eigenvalue weighted by molar-refractivity contribution is 7.22. The van der Waals surface area contributed by atoms with Gasteiger partial charge in [-0.3, -0.25) is 4.90 Å². The first kappa shape index (κ1) is 14.6. The molecule has 7 heteroatoms. The number of aliphatic hydroxyl groups is 1. The van der Waals surface area contributed by atoms with Crippen molar-refractivity contribution in [2.75, 3.05) is 25.0 Å². The molecule has 3 rings (SSSR count). The van der Waals surface area contributed by atoms with Crippen LogP contribution in [-0.4, -0.2) is 36.2 Å². The fourth-order valence-electron chi connectivity index (χ4n) is 2.48. The zero-order chi connectivity index (χ0) is 15.9. The molecule has 0 spiro atoms. The lowest BCUT2D eigenvalue weighted by Crippen LogP contribution is -2.39. The second kappa shape index (κ2) is 5.49. The molecule has 22 heavy (non-hydrogen) atoms. The van der Waals surface area contributed by atoms with Crippen LogP contribution in [0.5, 0.6) is 0 Å². The van der Waals surface area contributed by atoms with Gasteiger partial charge in [-0.25, -0.2) is 9.59 Å². The van der Waals surface area contributed by atoms with E-state index in [2.05, 4.69) is 6.58 Å². The fourth-order valence-corrected chi connectivity index (χ4v) is 3.47. The highest BCUT2D eigenvalue weighted by Crippen LogP contribution is 2.33. The van der Waals surface area contributed by atoms with Gasteiger partial charge in [0.1, 0.15) is 16.3 Å². The maximum Gasteiger partial charge on any atom is 0.347 e. The lowest BCUT2D eigenvalue weighted by molar-refractivity contribution is 0.217. The van der Waals surface area contributed by atoms with Crippen molar-refractivity contribution in [2.24, 2.45) is 0 Å². The van der Waals surface area contributed by atoms with E-state index >= 15 is 0 Å². The Labute approximate surface area is 130 Å². The normalized spacial score (nSPS) is 14.5. The molecule has 2 aromatic heterocycles. The van der Waals surface area contributed by atoms with E-state index < -0.39 is 5.63 Å². The average Bonchev–Trinajstić information content (AvgIpc) is 3.13. The Morgan fingerprint density at radius 1 is 1.41 bits per heavy atom. The van der Waals surface area contributed by atoms with E-state index in [1.54, 1.807) is 18.0 Å². The predicted octanol–water partition coefficient (Wildman–Crippen LogP) is 3.04. The van der Waals surface area contributed by atoms with E-state index in [1.807, 2.05) is 4.90 Å². The van der Waals surface area contributed by atoms with Crippen molar-refractivity contribution in [2.45, 2.75) is 12.8 Å². The minimum Gasteiger partial charge on any atom is -0.508 e. The summed E-state index contributed by atoms with van der Waals surface area (Å²) in [5.74, 6) is -0.327. The first-order chi connectivity index (χ1) is 10.5. The molecule has 0 aromatic carbocycles. The number of rotatable bonds is 2. The number of nitrogens with zero attached hydrogens (tertiary/aromatic N) is 2. The fraction of sp³-hybridized carbons (Fsp3) is 0.333. The third kappa shape index (κ3) is 2.48. The summed E-state index contributed by atoms with van der Waals surface area (Å²) >= 11 is 1.33. The molecular weight excluding hydrogens is 304 g/mol. The molecule has 0 atom stereocenters. The first-order valence-electron chi connectivity index (χ1n) is 6.96. The molecule has 0 bridgehead atoms. The van der Waals surface area contributed by atoms with Crippen molar-refractivity contribution in [3.05, 3.63) is 34.7 Å². The molecular formula is C15H16N2O4S. The van der Waals surface area contributed by atoms with E-state index in [-0.39, 0.29) is 17.4 Å². The number of fused-ring (bicyclic) bond motifs is 1. The summed E-state index contributed by atoms with van der Waals surface area (Å²) in [5.41, 5.74) is -0.205. The Morgan fingerprint density at radius 2 is 2.09 bits per heavy atom. The van der Waals surface area contributed by atoms with Gasteiger partial charge in [-0.2, -0.15) is 0 Å². The lowest BCUT2D eigenvalue weighted by Gasteiger charge is -2.22. The van der Waals surface area contributed by atoms with Crippen molar-refractivity contribution in [1.82, 2.24) is 4.90 Å². The summed E-state index contributed by atoms with van der Waals surface area (Å²) in [6.45, 7) is 4.90. The maximum atomic E-state index is 12.4. The topological polar surface area (TPSA) is 74.0 Å². The molecule has 6 nitrogen and oxygen atoms in total. The third-order valence-electron chi connectivity index (χ3n) is 3.71. The van der Waals surface area contributed by atoms with Crippen molar-refractivity contribution in [3.8, 4) is 0 Å². The molecule has 1 saturated heterocycles. The number of hydrogen-bond donors (Lipinski definition) is 1. The van der Waals surface area contributed by atoms with Gasteiger partial charge in [0, 0.05) is 26.2 Å². The molecule has 1 N–H and O–H groups in total. The van der Waals surface area contributed by atoms with Gasteiger partial charge in [-0.05, 0) is 18.9 Å². The highest BCUT2D eigenvalue weighted by Gasteiger charge is 2.23. The smallest absolute Gasteiger partial charge is 0.347 e. The van der Waals surface area contributed by atoms with Crippen molar-refractivity contribution in [3.63, 3.8) is 0 Å². The zero-order valence-electron chi connectivity index (χ0n) is 12.2. The number of carbonyl (C=O) groups excluding carboxylic acids is 1. The van der Waals surface area contributed by atoms with Gasteiger partial charge in [-0.1, -0.05) is 6.58 Å². The SMILES string of the molecule is C=C(O)c1cc2sc(N(C)C(=O)N3CCCC3)cc2oc1=O. The number of aliphatic hydroxyl groups excluding tert-OH is 1. The van der Waals surface area contributed by atoms with Crippen LogP contribution in [0.25, 0.3) is 16.0 Å². The van der Waals surface area contributed by atoms with Gasteiger partial charge in [0.2, 0.25) is 0 Å². The summed E-state index contributed by atoms with van der Waals surface area (Å²) in [5, 5.41) is 10.1. The van der Waals surface area contributed by atoms with E-state index in [9.17, 15) is 14.7 Å².